The van der Waals surface area contributed by atoms with E-state index in [1.165, 1.54) is 30.5 Å². The van der Waals surface area contributed by atoms with Crippen LogP contribution in [0, 0.1) is 10.1 Å². The number of nitrogens with zero attached hydrogens (tertiary/aromatic N) is 2. The summed E-state index contributed by atoms with van der Waals surface area (Å²) in [5.74, 6) is 0.175. The molecule has 0 spiro atoms. The molecule has 1 amide bonds. The predicted octanol–water partition coefficient (Wildman–Crippen LogP) is 3.94. The highest BCUT2D eigenvalue weighted by molar-refractivity contribution is 5.95. The molecule has 0 saturated heterocycles. The normalized spacial score (nSPS) is 10.6. The maximum atomic E-state index is 12.1. The largest absolute Gasteiger partial charge is 0.488 e. The summed E-state index contributed by atoms with van der Waals surface area (Å²) in [5, 5.41) is 14.6. The molecule has 0 aromatic heterocycles. The van der Waals surface area contributed by atoms with Crippen LogP contribution in [0.4, 0.5) is 5.69 Å². The Bertz CT molecular complexity index is 986. The van der Waals surface area contributed by atoms with Crippen molar-refractivity contribution in [2.75, 3.05) is 0 Å². The smallest absolute Gasteiger partial charge is 0.271 e. The predicted molar refractivity (Wildman–Crippen MR) is 105 cm³/mol. The van der Waals surface area contributed by atoms with Gasteiger partial charge in [-0.2, -0.15) is 5.10 Å². The average molecular weight is 375 g/mol. The monoisotopic (exact) mass is 375 g/mol. The highest BCUT2D eigenvalue weighted by Crippen LogP contribution is 2.17. The van der Waals surface area contributed by atoms with Gasteiger partial charge < -0.3 is 4.74 Å². The lowest BCUT2D eigenvalue weighted by atomic mass is 10.2. The molecule has 0 saturated carbocycles. The number of non-ortho nitro benzene ring substituents is 1. The number of nitro benzene ring substituents is 1. The standard InChI is InChI=1S/C21H17N3O4/c25-21(17-10-12-19(13-11-17)24(26)27)23-22-14-18-8-4-5-9-20(18)28-15-16-6-2-1-3-7-16/h1-14H,15H2,(H,23,25)/b22-14+. The summed E-state index contributed by atoms with van der Waals surface area (Å²) in [6.07, 6.45) is 1.49. The Morgan fingerprint density at radius 2 is 1.68 bits per heavy atom. The first-order chi connectivity index (χ1) is 13.6. The van der Waals surface area contributed by atoms with Gasteiger partial charge >= 0.3 is 0 Å². The van der Waals surface area contributed by atoms with Gasteiger partial charge in [-0.15, -0.1) is 0 Å². The number of carbonyl (C=O) groups is 1. The third kappa shape index (κ3) is 5.01. The second-order valence-corrected chi connectivity index (χ2v) is 5.82. The van der Waals surface area contributed by atoms with E-state index < -0.39 is 10.8 Å². The SMILES string of the molecule is O=C(N/N=C/c1ccccc1OCc1ccccc1)c1ccc([N+](=O)[O-])cc1. The Morgan fingerprint density at radius 1 is 1.00 bits per heavy atom. The summed E-state index contributed by atoms with van der Waals surface area (Å²) >= 11 is 0. The summed E-state index contributed by atoms with van der Waals surface area (Å²) < 4.78 is 5.83. The van der Waals surface area contributed by atoms with Gasteiger partial charge in [-0.1, -0.05) is 42.5 Å². The third-order valence-electron chi connectivity index (χ3n) is 3.87. The number of rotatable bonds is 7. The Labute approximate surface area is 161 Å². The van der Waals surface area contributed by atoms with Crippen molar-refractivity contribution in [3.8, 4) is 5.75 Å². The quantitative estimate of drug-likeness (QED) is 0.384. The Morgan fingerprint density at radius 3 is 2.39 bits per heavy atom. The van der Waals surface area contributed by atoms with Crippen LogP contribution < -0.4 is 10.2 Å². The number of para-hydroxylation sites is 1. The van der Waals surface area contributed by atoms with Crippen LogP contribution in [0.15, 0.2) is 84.0 Å². The first-order valence-electron chi connectivity index (χ1n) is 8.47. The van der Waals surface area contributed by atoms with Crippen LogP contribution in [0.3, 0.4) is 0 Å². The van der Waals surface area contributed by atoms with Crippen molar-refractivity contribution in [3.63, 3.8) is 0 Å². The van der Waals surface area contributed by atoms with Crippen LogP contribution in [0.5, 0.6) is 5.75 Å². The molecule has 28 heavy (non-hydrogen) atoms. The molecule has 0 atom stereocenters. The maximum Gasteiger partial charge on any atom is 0.271 e. The number of nitro groups is 1. The van der Waals surface area contributed by atoms with Crippen LogP contribution in [-0.2, 0) is 6.61 Å². The number of benzene rings is 3. The fraction of sp³-hybridized carbons (Fsp3) is 0.0476. The van der Waals surface area contributed by atoms with Gasteiger partial charge in [0.05, 0.1) is 11.1 Å². The van der Waals surface area contributed by atoms with Gasteiger partial charge in [0.2, 0.25) is 0 Å². The number of nitrogens with one attached hydrogen (secondary N) is 1. The van der Waals surface area contributed by atoms with E-state index in [0.29, 0.717) is 17.9 Å². The second kappa shape index (κ2) is 9.09. The molecule has 7 heteroatoms. The van der Waals surface area contributed by atoms with Crippen molar-refractivity contribution in [1.82, 2.24) is 5.43 Å². The van der Waals surface area contributed by atoms with E-state index in [0.717, 1.165) is 5.56 Å². The van der Waals surface area contributed by atoms with E-state index in [2.05, 4.69) is 10.5 Å². The van der Waals surface area contributed by atoms with Gasteiger partial charge in [-0.3, -0.25) is 14.9 Å². The summed E-state index contributed by atoms with van der Waals surface area (Å²) in [4.78, 5) is 22.2. The lowest BCUT2D eigenvalue weighted by Gasteiger charge is -2.09. The van der Waals surface area contributed by atoms with Gasteiger partial charge in [0.1, 0.15) is 12.4 Å². The average Bonchev–Trinajstić information content (AvgIpc) is 2.73. The first kappa shape index (κ1) is 18.8. The lowest BCUT2D eigenvalue weighted by Crippen LogP contribution is -2.17. The van der Waals surface area contributed by atoms with Gasteiger partial charge in [0, 0.05) is 23.3 Å². The minimum Gasteiger partial charge on any atom is -0.488 e. The molecule has 0 unspecified atom stereocenters. The van der Waals surface area contributed by atoms with Gasteiger partial charge in [0.25, 0.3) is 11.6 Å². The number of ether oxygens (including phenoxy) is 1. The maximum absolute atomic E-state index is 12.1. The molecular formula is C21H17N3O4. The van der Waals surface area contributed by atoms with Crippen molar-refractivity contribution >= 4 is 17.8 Å². The number of hydrogen-bond donors (Lipinski definition) is 1. The molecule has 0 aliphatic carbocycles. The van der Waals surface area contributed by atoms with Crippen LogP contribution in [0.25, 0.3) is 0 Å². The molecule has 3 rings (SSSR count). The van der Waals surface area contributed by atoms with Gasteiger partial charge in [-0.05, 0) is 29.8 Å². The molecule has 140 valence electrons. The Hall–Kier alpha value is -4.00. The number of hydrazone groups is 1. The highest BCUT2D eigenvalue weighted by atomic mass is 16.6. The molecule has 0 bridgehead atoms. The Balaban J connectivity index is 1.62. The first-order valence-corrected chi connectivity index (χ1v) is 8.47. The molecule has 0 heterocycles. The highest BCUT2D eigenvalue weighted by Gasteiger charge is 2.08. The molecular weight excluding hydrogens is 358 g/mol. The molecule has 0 radical (unpaired) electrons. The zero-order valence-corrected chi connectivity index (χ0v) is 14.8. The van der Waals surface area contributed by atoms with Crippen molar-refractivity contribution in [3.05, 3.63) is 106 Å². The van der Waals surface area contributed by atoms with E-state index in [9.17, 15) is 14.9 Å². The molecule has 0 fully saturated rings. The Kier molecular flexibility index (Phi) is 6.10. The van der Waals surface area contributed by atoms with Crippen LogP contribution in [0.1, 0.15) is 21.5 Å². The zero-order chi connectivity index (χ0) is 19.8. The second-order valence-electron chi connectivity index (χ2n) is 5.82. The van der Waals surface area contributed by atoms with E-state index in [4.69, 9.17) is 4.74 Å². The third-order valence-corrected chi connectivity index (χ3v) is 3.87. The lowest BCUT2D eigenvalue weighted by molar-refractivity contribution is -0.384. The van der Waals surface area contributed by atoms with Crippen LogP contribution in [-0.4, -0.2) is 17.0 Å². The molecule has 0 aliphatic heterocycles. The van der Waals surface area contributed by atoms with Crippen LogP contribution in [0.2, 0.25) is 0 Å². The van der Waals surface area contributed by atoms with Crippen molar-refractivity contribution in [2.24, 2.45) is 5.10 Å². The molecule has 7 nitrogen and oxygen atoms in total. The zero-order valence-electron chi connectivity index (χ0n) is 14.8. The van der Waals surface area contributed by atoms with Gasteiger partial charge in [-0.25, -0.2) is 5.43 Å². The van der Waals surface area contributed by atoms with Gasteiger partial charge in [0.15, 0.2) is 0 Å². The van der Waals surface area contributed by atoms with Crippen molar-refractivity contribution in [2.45, 2.75) is 6.61 Å². The topological polar surface area (TPSA) is 93.8 Å². The van der Waals surface area contributed by atoms with E-state index >= 15 is 0 Å². The number of carbonyl (C=O) groups excluding carboxylic acids is 1. The minimum absolute atomic E-state index is 0.0791. The summed E-state index contributed by atoms with van der Waals surface area (Å²) in [6.45, 7) is 0.418. The molecule has 3 aromatic rings. The fourth-order valence-electron chi connectivity index (χ4n) is 2.41. The van der Waals surface area contributed by atoms with Crippen LogP contribution >= 0.6 is 0 Å². The molecule has 3 aromatic carbocycles. The van der Waals surface area contributed by atoms with E-state index in [1.807, 2.05) is 54.6 Å². The summed E-state index contributed by atoms with van der Waals surface area (Å²) in [6, 6.07) is 22.4. The fourth-order valence-corrected chi connectivity index (χ4v) is 2.41. The van der Waals surface area contributed by atoms with Crippen molar-refractivity contribution in [1.29, 1.82) is 0 Å². The minimum atomic E-state index is -0.522. The molecule has 1 N–H and O–H groups in total. The van der Waals surface area contributed by atoms with E-state index in [-0.39, 0.29) is 11.3 Å². The van der Waals surface area contributed by atoms with E-state index in [1.54, 1.807) is 0 Å². The summed E-state index contributed by atoms with van der Waals surface area (Å²) in [7, 11) is 0. The number of amides is 1. The number of hydrogen-bond acceptors (Lipinski definition) is 5. The van der Waals surface area contributed by atoms with Crippen molar-refractivity contribution < 1.29 is 14.5 Å². The summed E-state index contributed by atoms with van der Waals surface area (Å²) in [5.41, 5.74) is 4.35. The molecule has 0 aliphatic rings.